The second-order valence-electron chi connectivity index (χ2n) is 3.56. The van der Waals surface area contributed by atoms with Crippen molar-refractivity contribution in [3.05, 3.63) is 51.8 Å². The second kappa shape index (κ2) is 4.70. The van der Waals surface area contributed by atoms with Gasteiger partial charge in [-0.05, 0) is 23.8 Å². The molecular formula is C12H10N2O4. The zero-order chi connectivity index (χ0) is 13.1. The molecule has 0 atom stereocenters. The maximum Gasteiger partial charge on any atom is 0.372 e. The molecule has 18 heavy (non-hydrogen) atoms. The van der Waals surface area contributed by atoms with Crippen LogP contribution in [-0.2, 0) is 7.05 Å². The number of rotatable bonds is 3. The normalized spacial score (nSPS) is 10.9. The molecule has 0 amide bonds. The van der Waals surface area contributed by atoms with Crippen molar-refractivity contribution in [2.75, 3.05) is 0 Å². The molecule has 0 bridgehead atoms. The molecule has 2 heterocycles. The number of carboxylic acid groups (broad SMARTS) is 1. The molecule has 0 aliphatic heterocycles. The largest absolute Gasteiger partial charge is 0.477 e. The number of pyridine rings is 1. The lowest BCUT2D eigenvalue weighted by Crippen LogP contribution is -2.09. The quantitative estimate of drug-likeness (QED) is 0.880. The van der Waals surface area contributed by atoms with Crippen molar-refractivity contribution in [2.24, 2.45) is 7.05 Å². The van der Waals surface area contributed by atoms with E-state index in [1.54, 1.807) is 30.6 Å². The van der Waals surface area contributed by atoms with Crippen LogP contribution >= 0.6 is 0 Å². The molecule has 0 aliphatic rings. The number of aromatic carboxylic acids is 1. The topological polar surface area (TPSA) is 85.3 Å². The van der Waals surface area contributed by atoms with E-state index in [9.17, 15) is 9.59 Å². The van der Waals surface area contributed by atoms with E-state index in [0.29, 0.717) is 0 Å². The van der Waals surface area contributed by atoms with E-state index in [4.69, 9.17) is 9.63 Å². The van der Waals surface area contributed by atoms with Crippen molar-refractivity contribution in [1.29, 1.82) is 0 Å². The first kappa shape index (κ1) is 11.8. The molecule has 92 valence electrons. The van der Waals surface area contributed by atoms with Gasteiger partial charge in [-0.2, -0.15) is 0 Å². The van der Waals surface area contributed by atoms with Gasteiger partial charge < -0.3 is 9.63 Å². The lowest BCUT2D eigenvalue weighted by Gasteiger charge is -1.95. The van der Waals surface area contributed by atoms with Gasteiger partial charge in [0.15, 0.2) is 5.56 Å². The van der Waals surface area contributed by atoms with Crippen molar-refractivity contribution >= 4 is 18.1 Å². The fourth-order valence-corrected chi connectivity index (χ4v) is 1.52. The van der Waals surface area contributed by atoms with Crippen molar-refractivity contribution in [2.45, 2.75) is 0 Å². The fourth-order valence-electron chi connectivity index (χ4n) is 1.52. The highest BCUT2D eigenvalue weighted by Gasteiger charge is 2.19. The van der Waals surface area contributed by atoms with Gasteiger partial charge in [0.05, 0.1) is 5.69 Å². The number of hydrogen-bond donors (Lipinski definition) is 1. The van der Waals surface area contributed by atoms with Gasteiger partial charge in [-0.1, -0.05) is 6.08 Å². The maximum absolute atomic E-state index is 11.3. The first-order valence-corrected chi connectivity index (χ1v) is 5.11. The number of hydrogen-bond acceptors (Lipinski definition) is 4. The van der Waals surface area contributed by atoms with Crippen LogP contribution in [0.3, 0.4) is 0 Å². The van der Waals surface area contributed by atoms with Crippen molar-refractivity contribution in [3.63, 3.8) is 0 Å². The van der Waals surface area contributed by atoms with E-state index < -0.39 is 11.6 Å². The van der Waals surface area contributed by atoms with Crippen LogP contribution in [0, 0.1) is 0 Å². The summed E-state index contributed by atoms with van der Waals surface area (Å²) in [5.41, 5.74) is -0.179. The molecule has 0 aromatic carbocycles. The van der Waals surface area contributed by atoms with Gasteiger partial charge in [0, 0.05) is 19.4 Å². The van der Waals surface area contributed by atoms with E-state index >= 15 is 0 Å². The van der Waals surface area contributed by atoms with Gasteiger partial charge in [0.2, 0.25) is 0 Å². The highest BCUT2D eigenvalue weighted by Crippen LogP contribution is 2.10. The molecule has 0 unspecified atom stereocenters. The number of carbonyl (C=O) groups is 1. The Morgan fingerprint density at radius 3 is 2.67 bits per heavy atom. The summed E-state index contributed by atoms with van der Waals surface area (Å²) < 4.78 is 5.84. The Morgan fingerprint density at radius 1 is 1.39 bits per heavy atom. The average molecular weight is 246 g/mol. The Labute approximate surface area is 102 Å². The van der Waals surface area contributed by atoms with Crippen LogP contribution in [0.25, 0.3) is 12.2 Å². The summed E-state index contributed by atoms with van der Waals surface area (Å²) in [5.74, 6) is -1.31. The molecule has 0 aliphatic carbocycles. The molecule has 2 aromatic heterocycles. The molecule has 2 rings (SSSR count). The summed E-state index contributed by atoms with van der Waals surface area (Å²) in [6.07, 6.45) is 6.43. The highest BCUT2D eigenvalue weighted by molar-refractivity contribution is 5.92. The molecule has 0 fully saturated rings. The van der Waals surface area contributed by atoms with Crippen LogP contribution in [0.15, 0.2) is 33.8 Å². The summed E-state index contributed by atoms with van der Waals surface area (Å²) in [5, 5.41) is 8.94. The standard InChI is InChI=1S/C12H10N2O4/c1-14-9(10(11(15)16)12(17)18-14)3-2-8-4-6-13-7-5-8/h2-7H,1H3,(H,15,16)/b3-2+. The van der Waals surface area contributed by atoms with E-state index in [0.717, 1.165) is 10.3 Å². The minimum atomic E-state index is -1.31. The number of nitrogens with zero attached hydrogens (tertiary/aromatic N) is 2. The molecular weight excluding hydrogens is 236 g/mol. The minimum absolute atomic E-state index is 0.212. The Morgan fingerprint density at radius 2 is 2.06 bits per heavy atom. The molecule has 0 saturated heterocycles. The Bertz CT molecular complexity index is 652. The van der Waals surface area contributed by atoms with Gasteiger partial charge >= 0.3 is 11.6 Å². The monoisotopic (exact) mass is 246 g/mol. The van der Waals surface area contributed by atoms with E-state index in [-0.39, 0.29) is 11.3 Å². The zero-order valence-corrected chi connectivity index (χ0v) is 9.53. The predicted molar refractivity (Wildman–Crippen MR) is 64.1 cm³/mol. The highest BCUT2D eigenvalue weighted by atomic mass is 16.5. The second-order valence-corrected chi connectivity index (χ2v) is 3.56. The Hall–Kier alpha value is -2.63. The van der Waals surface area contributed by atoms with Crippen LogP contribution in [0.2, 0.25) is 0 Å². The Balaban J connectivity index is 2.44. The van der Waals surface area contributed by atoms with Gasteiger partial charge in [-0.15, -0.1) is 0 Å². The fraction of sp³-hybridized carbons (Fsp3) is 0.0833. The van der Waals surface area contributed by atoms with Crippen molar-refractivity contribution < 1.29 is 14.4 Å². The summed E-state index contributed by atoms with van der Waals surface area (Å²) in [6.45, 7) is 0. The smallest absolute Gasteiger partial charge is 0.372 e. The molecule has 6 nitrogen and oxygen atoms in total. The molecule has 1 N–H and O–H groups in total. The maximum atomic E-state index is 11.3. The van der Waals surface area contributed by atoms with Crippen LogP contribution in [0.1, 0.15) is 21.6 Å². The summed E-state index contributed by atoms with van der Waals surface area (Å²) in [6, 6.07) is 3.52. The third-order valence-corrected chi connectivity index (χ3v) is 2.37. The van der Waals surface area contributed by atoms with E-state index in [1.165, 1.54) is 13.1 Å². The third-order valence-electron chi connectivity index (χ3n) is 2.37. The molecule has 0 radical (unpaired) electrons. The molecule has 2 aromatic rings. The zero-order valence-electron chi connectivity index (χ0n) is 9.53. The first-order chi connectivity index (χ1) is 8.59. The average Bonchev–Trinajstić information content (AvgIpc) is 2.62. The van der Waals surface area contributed by atoms with Crippen LogP contribution < -0.4 is 5.63 Å². The van der Waals surface area contributed by atoms with Crippen LogP contribution in [0.4, 0.5) is 0 Å². The van der Waals surface area contributed by atoms with E-state index in [1.807, 2.05) is 0 Å². The lowest BCUT2D eigenvalue weighted by molar-refractivity contribution is 0.0694. The minimum Gasteiger partial charge on any atom is -0.477 e. The lowest BCUT2D eigenvalue weighted by atomic mass is 10.2. The predicted octanol–water partition coefficient (Wildman–Crippen LogP) is 1.24. The van der Waals surface area contributed by atoms with Crippen molar-refractivity contribution in [3.8, 4) is 0 Å². The van der Waals surface area contributed by atoms with Crippen LogP contribution in [-0.4, -0.2) is 20.8 Å². The Kier molecular flexibility index (Phi) is 3.09. The van der Waals surface area contributed by atoms with Gasteiger partial charge in [0.1, 0.15) is 0 Å². The molecule has 0 saturated carbocycles. The van der Waals surface area contributed by atoms with Gasteiger partial charge in [-0.25, -0.2) is 14.3 Å². The van der Waals surface area contributed by atoms with E-state index in [2.05, 4.69) is 4.98 Å². The first-order valence-electron chi connectivity index (χ1n) is 5.11. The number of aryl methyl sites for hydroxylation is 1. The summed E-state index contributed by atoms with van der Waals surface area (Å²) >= 11 is 0. The summed E-state index contributed by atoms with van der Waals surface area (Å²) in [4.78, 5) is 26.1. The molecule has 6 heteroatoms. The summed E-state index contributed by atoms with van der Waals surface area (Å²) in [7, 11) is 1.47. The third kappa shape index (κ3) is 2.22. The van der Waals surface area contributed by atoms with Gasteiger partial charge in [0.25, 0.3) is 0 Å². The number of carboxylic acids is 1. The van der Waals surface area contributed by atoms with Gasteiger partial charge in [-0.3, -0.25) is 4.98 Å². The number of aromatic nitrogens is 2. The molecule has 0 spiro atoms. The van der Waals surface area contributed by atoms with Crippen molar-refractivity contribution in [1.82, 2.24) is 9.72 Å². The SMILES string of the molecule is Cn1oc(=O)c(C(=O)O)c1/C=C/c1ccncc1. The van der Waals surface area contributed by atoms with Crippen LogP contribution in [0.5, 0.6) is 0 Å².